The third kappa shape index (κ3) is 4.07. The van der Waals surface area contributed by atoms with Crippen molar-refractivity contribution in [3.8, 4) is 11.5 Å². The first-order valence-electron chi connectivity index (χ1n) is 6.72. The normalized spacial score (nSPS) is 11.1. The number of carboxylic acids is 1. The topological polar surface area (TPSA) is 94.8 Å². The quantitative estimate of drug-likeness (QED) is 0.448. The van der Waals surface area contributed by atoms with Crippen LogP contribution in [0.15, 0.2) is 54.6 Å². The molecule has 0 fully saturated rings. The average molecular weight is 310 g/mol. The highest BCUT2D eigenvalue weighted by atomic mass is 16.4. The Hall–Kier alpha value is -3.34. The molecular formula is C18H14O5. The molecule has 5 heteroatoms. The number of ketones is 1. The molecule has 0 bridgehead atoms. The van der Waals surface area contributed by atoms with Crippen LogP contribution < -0.4 is 0 Å². The lowest BCUT2D eigenvalue weighted by Crippen LogP contribution is -1.99. The summed E-state index contributed by atoms with van der Waals surface area (Å²) in [5, 5.41) is 28.2. The number of rotatable bonds is 5. The van der Waals surface area contributed by atoms with Gasteiger partial charge >= 0.3 is 5.97 Å². The number of carbonyl (C=O) groups is 2. The van der Waals surface area contributed by atoms with Crippen molar-refractivity contribution in [2.24, 2.45) is 0 Å². The first kappa shape index (κ1) is 16.0. The van der Waals surface area contributed by atoms with Crippen molar-refractivity contribution in [3.63, 3.8) is 0 Å². The Labute approximate surface area is 132 Å². The Morgan fingerprint density at radius 2 is 1.57 bits per heavy atom. The van der Waals surface area contributed by atoms with Crippen molar-refractivity contribution in [3.05, 3.63) is 71.3 Å². The number of benzene rings is 2. The maximum atomic E-state index is 12.3. The van der Waals surface area contributed by atoms with E-state index in [0.29, 0.717) is 0 Å². The Morgan fingerprint density at radius 3 is 2.22 bits per heavy atom. The molecule has 0 radical (unpaired) electrons. The lowest BCUT2D eigenvalue weighted by Gasteiger charge is -2.07. The summed E-state index contributed by atoms with van der Waals surface area (Å²) in [4.78, 5) is 22.9. The van der Waals surface area contributed by atoms with Gasteiger partial charge in [0.15, 0.2) is 17.3 Å². The zero-order valence-corrected chi connectivity index (χ0v) is 12.0. The van der Waals surface area contributed by atoms with E-state index in [0.717, 1.165) is 11.6 Å². The molecule has 0 spiro atoms. The van der Waals surface area contributed by atoms with E-state index in [4.69, 9.17) is 5.11 Å². The van der Waals surface area contributed by atoms with E-state index in [1.165, 1.54) is 24.3 Å². The van der Waals surface area contributed by atoms with Gasteiger partial charge in [0.2, 0.25) is 0 Å². The van der Waals surface area contributed by atoms with Gasteiger partial charge < -0.3 is 15.3 Å². The molecule has 0 saturated heterocycles. The summed E-state index contributed by atoms with van der Waals surface area (Å²) < 4.78 is 0. The molecule has 116 valence electrons. The van der Waals surface area contributed by atoms with Crippen LogP contribution in [0.3, 0.4) is 0 Å². The molecule has 3 N–H and O–H groups in total. The van der Waals surface area contributed by atoms with E-state index in [-0.39, 0.29) is 11.1 Å². The van der Waals surface area contributed by atoms with E-state index in [1.54, 1.807) is 18.2 Å². The number of hydrogen-bond donors (Lipinski definition) is 3. The summed E-state index contributed by atoms with van der Waals surface area (Å²) in [6.45, 7) is 0. The van der Waals surface area contributed by atoms with Crippen molar-refractivity contribution >= 4 is 23.9 Å². The fourth-order valence-corrected chi connectivity index (χ4v) is 1.97. The number of phenols is 2. The Bertz CT molecular complexity index is 789. The highest BCUT2D eigenvalue weighted by Gasteiger charge is 2.16. The predicted octanol–water partition coefficient (Wildman–Crippen LogP) is 3.09. The highest BCUT2D eigenvalue weighted by molar-refractivity contribution is 6.11. The van der Waals surface area contributed by atoms with Gasteiger partial charge in [-0.05, 0) is 29.3 Å². The molecule has 0 heterocycles. The molecule has 23 heavy (non-hydrogen) atoms. The highest BCUT2D eigenvalue weighted by Crippen LogP contribution is 2.32. The zero-order valence-electron chi connectivity index (χ0n) is 12.0. The monoisotopic (exact) mass is 310 g/mol. The maximum absolute atomic E-state index is 12.3. The third-order valence-electron chi connectivity index (χ3n) is 3.07. The lowest BCUT2D eigenvalue weighted by molar-refractivity contribution is -0.131. The van der Waals surface area contributed by atoms with Crippen LogP contribution in [0.4, 0.5) is 0 Å². The second-order valence-corrected chi connectivity index (χ2v) is 4.68. The van der Waals surface area contributed by atoms with Crippen LogP contribution in [0.5, 0.6) is 11.5 Å². The number of aliphatic carboxylic acids is 1. The summed E-state index contributed by atoms with van der Waals surface area (Å²) in [5.41, 5.74) is 0.836. The molecule has 2 rings (SSSR count). The number of allylic oxidation sites excluding steroid dienone is 1. The summed E-state index contributed by atoms with van der Waals surface area (Å²) in [5.74, 6) is -2.77. The Morgan fingerprint density at radius 1 is 0.870 bits per heavy atom. The third-order valence-corrected chi connectivity index (χ3v) is 3.07. The van der Waals surface area contributed by atoms with Crippen molar-refractivity contribution in [1.29, 1.82) is 0 Å². The number of phenolic OH excluding ortho intramolecular Hbond substituents is 2. The Balaban J connectivity index is 2.40. The average Bonchev–Trinajstić information content (AvgIpc) is 2.54. The minimum absolute atomic E-state index is 0.158. The minimum atomic E-state index is -1.18. The van der Waals surface area contributed by atoms with Crippen molar-refractivity contribution in [2.75, 3.05) is 0 Å². The summed E-state index contributed by atoms with van der Waals surface area (Å²) in [6.07, 6.45) is 4.85. The molecule has 0 aliphatic rings. The van der Waals surface area contributed by atoms with Gasteiger partial charge in [0.05, 0.1) is 5.56 Å². The van der Waals surface area contributed by atoms with Gasteiger partial charge in [-0.2, -0.15) is 0 Å². The van der Waals surface area contributed by atoms with E-state index in [1.807, 2.05) is 18.2 Å². The zero-order chi connectivity index (χ0) is 16.8. The van der Waals surface area contributed by atoms with Gasteiger partial charge in [0.1, 0.15) is 0 Å². The molecular weight excluding hydrogens is 296 g/mol. The summed E-state index contributed by atoms with van der Waals surface area (Å²) in [6, 6.07) is 11.6. The van der Waals surface area contributed by atoms with Gasteiger partial charge in [-0.25, -0.2) is 4.79 Å². The van der Waals surface area contributed by atoms with Crippen molar-refractivity contribution in [2.45, 2.75) is 0 Å². The Kier molecular flexibility index (Phi) is 4.94. The van der Waals surface area contributed by atoms with Gasteiger partial charge in [0.25, 0.3) is 0 Å². The van der Waals surface area contributed by atoms with Crippen molar-refractivity contribution < 1.29 is 24.9 Å². The van der Waals surface area contributed by atoms with Crippen LogP contribution >= 0.6 is 0 Å². The van der Waals surface area contributed by atoms with Gasteiger partial charge in [-0.15, -0.1) is 0 Å². The number of hydrogen-bond acceptors (Lipinski definition) is 4. The molecule has 2 aromatic rings. The van der Waals surface area contributed by atoms with E-state index >= 15 is 0 Å². The second-order valence-electron chi connectivity index (χ2n) is 4.68. The number of aromatic hydroxyl groups is 2. The number of carbonyl (C=O) groups excluding carboxylic acids is 1. The first-order chi connectivity index (χ1) is 11.0. The standard InChI is InChI=1S/C18H14O5/c19-14(9-6-12-4-2-1-3-5-12)17-13(8-11-16(21)22)7-10-15(20)18(17)23/h1-11,20,23H,(H,21,22). The molecule has 5 nitrogen and oxygen atoms in total. The van der Waals surface area contributed by atoms with Crippen LogP contribution in [0.25, 0.3) is 12.2 Å². The largest absolute Gasteiger partial charge is 0.504 e. The van der Waals surface area contributed by atoms with E-state index in [9.17, 15) is 19.8 Å². The smallest absolute Gasteiger partial charge is 0.328 e. The maximum Gasteiger partial charge on any atom is 0.328 e. The van der Waals surface area contributed by atoms with Gasteiger partial charge in [-0.1, -0.05) is 42.5 Å². The predicted molar refractivity (Wildman–Crippen MR) is 86.2 cm³/mol. The summed E-state index contributed by atoms with van der Waals surface area (Å²) >= 11 is 0. The van der Waals surface area contributed by atoms with Crippen LogP contribution in [0, 0.1) is 0 Å². The van der Waals surface area contributed by atoms with Crippen LogP contribution in [-0.2, 0) is 4.79 Å². The minimum Gasteiger partial charge on any atom is -0.504 e. The fourth-order valence-electron chi connectivity index (χ4n) is 1.97. The molecule has 0 aromatic heterocycles. The van der Waals surface area contributed by atoms with Crippen molar-refractivity contribution in [1.82, 2.24) is 0 Å². The second kappa shape index (κ2) is 7.09. The van der Waals surface area contributed by atoms with Gasteiger partial charge in [-0.3, -0.25) is 4.79 Å². The molecule has 0 aliphatic carbocycles. The molecule has 2 aromatic carbocycles. The number of carboxylic acid groups (broad SMARTS) is 1. The van der Waals surface area contributed by atoms with Crippen LogP contribution in [-0.4, -0.2) is 27.1 Å². The molecule has 0 amide bonds. The molecule has 0 aliphatic heterocycles. The lowest BCUT2D eigenvalue weighted by atomic mass is 10.00. The van der Waals surface area contributed by atoms with E-state index in [2.05, 4.69) is 0 Å². The summed E-state index contributed by atoms with van der Waals surface area (Å²) in [7, 11) is 0. The molecule has 0 atom stereocenters. The van der Waals surface area contributed by atoms with Crippen LogP contribution in [0.1, 0.15) is 21.5 Å². The van der Waals surface area contributed by atoms with Crippen LogP contribution in [0.2, 0.25) is 0 Å². The molecule has 0 saturated carbocycles. The van der Waals surface area contributed by atoms with E-state index < -0.39 is 23.3 Å². The first-order valence-corrected chi connectivity index (χ1v) is 6.72. The molecule has 0 unspecified atom stereocenters. The SMILES string of the molecule is O=C(O)C=Cc1ccc(O)c(O)c1C(=O)C=Cc1ccccc1. The fraction of sp³-hybridized carbons (Fsp3) is 0. The van der Waals surface area contributed by atoms with Gasteiger partial charge in [0, 0.05) is 6.08 Å².